The minimum atomic E-state index is -0.209. The summed E-state index contributed by atoms with van der Waals surface area (Å²) in [5.41, 5.74) is 1.96. The zero-order valence-corrected chi connectivity index (χ0v) is 9.35. The molecule has 1 nitrogen and oxygen atoms in total. The normalized spacial score (nSPS) is 10.5. The van der Waals surface area contributed by atoms with E-state index in [0.717, 1.165) is 29.1 Å². The third kappa shape index (κ3) is 2.42. The van der Waals surface area contributed by atoms with E-state index in [0.29, 0.717) is 0 Å². The molecular weight excluding hydrogens is 209 g/mol. The van der Waals surface area contributed by atoms with Crippen molar-refractivity contribution in [2.24, 2.45) is 0 Å². The quantitative estimate of drug-likeness (QED) is 0.766. The summed E-state index contributed by atoms with van der Waals surface area (Å²) in [6.07, 6.45) is 2.08. The van der Waals surface area contributed by atoms with Gasteiger partial charge in [0.2, 0.25) is 0 Å². The first-order chi connectivity index (χ1) is 7.29. The Morgan fingerprint density at radius 2 is 2.27 bits per heavy atom. The predicted molar refractivity (Wildman–Crippen MR) is 61.5 cm³/mol. The van der Waals surface area contributed by atoms with Crippen molar-refractivity contribution >= 4 is 11.3 Å². The molecule has 0 aliphatic rings. The van der Waals surface area contributed by atoms with Gasteiger partial charge in [0.05, 0.1) is 5.69 Å². The van der Waals surface area contributed by atoms with Crippen LogP contribution >= 0.6 is 11.3 Å². The fourth-order valence-electron chi connectivity index (χ4n) is 1.43. The SMILES string of the molecule is CCCc1csc(-c2cccc(F)c2)n1. The van der Waals surface area contributed by atoms with Crippen LogP contribution in [0.2, 0.25) is 0 Å². The molecule has 0 aliphatic carbocycles. The highest BCUT2D eigenvalue weighted by atomic mass is 32.1. The van der Waals surface area contributed by atoms with Crippen LogP contribution in [0, 0.1) is 5.82 Å². The summed E-state index contributed by atoms with van der Waals surface area (Å²) >= 11 is 1.57. The van der Waals surface area contributed by atoms with Crippen molar-refractivity contribution in [3.8, 4) is 10.6 Å². The number of hydrogen-bond acceptors (Lipinski definition) is 2. The van der Waals surface area contributed by atoms with Crippen LogP contribution in [-0.2, 0) is 6.42 Å². The van der Waals surface area contributed by atoms with Gasteiger partial charge in [0.25, 0.3) is 0 Å². The summed E-state index contributed by atoms with van der Waals surface area (Å²) in [6.45, 7) is 2.13. The van der Waals surface area contributed by atoms with Crippen molar-refractivity contribution in [1.82, 2.24) is 4.98 Å². The van der Waals surface area contributed by atoms with Crippen molar-refractivity contribution in [1.29, 1.82) is 0 Å². The monoisotopic (exact) mass is 221 g/mol. The van der Waals surface area contributed by atoms with Crippen molar-refractivity contribution < 1.29 is 4.39 Å². The van der Waals surface area contributed by atoms with Gasteiger partial charge in [0, 0.05) is 10.9 Å². The lowest BCUT2D eigenvalue weighted by atomic mass is 10.2. The number of aromatic nitrogens is 1. The molecule has 0 unspecified atom stereocenters. The molecule has 0 atom stereocenters. The number of rotatable bonds is 3. The maximum atomic E-state index is 13.0. The van der Waals surface area contributed by atoms with Crippen LogP contribution in [0.4, 0.5) is 4.39 Å². The second kappa shape index (κ2) is 4.53. The van der Waals surface area contributed by atoms with Crippen molar-refractivity contribution in [3.05, 3.63) is 41.2 Å². The van der Waals surface area contributed by atoms with Gasteiger partial charge in [-0.1, -0.05) is 25.5 Å². The molecule has 2 rings (SSSR count). The molecule has 0 saturated heterocycles. The molecule has 0 N–H and O–H groups in total. The highest BCUT2D eigenvalue weighted by Crippen LogP contribution is 2.24. The molecule has 1 aromatic heterocycles. The highest BCUT2D eigenvalue weighted by molar-refractivity contribution is 7.13. The fourth-order valence-corrected chi connectivity index (χ4v) is 2.28. The standard InChI is InChI=1S/C12H12FNS/c1-2-4-11-8-15-12(14-11)9-5-3-6-10(13)7-9/h3,5-8H,2,4H2,1H3. The van der Waals surface area contributed by atoms with E-state index >= 15 is 0 Å². The molecule has 0 bridgehead atoms. The molecule has 0 radical (unpaired) electrons. The molecule has 0 amide bonds. The Morgan fingerprint density at radius 1 is 1.40 bits per heavy atom. The van der Waals surface area contributed by atoms with E-state index in [9.17, 15) is 4.39 Å². The minimum Gasteiger partial charge on any atom is -0.241 e. The molecule has 0 spiro atoms. The first-order valence-corrected chi connectivity index (χ1v) is 5.88. The molecule has 1 aromatic carbocycles. The van der Waals surface area contributed by atoms with E-state index < -0.39 is 0 Å². The van der Waals surface area contributed by atoms with Gasteiger partial charge in [-0.2, -0.15) is 0 Å². The van der Waals surface area contributed by atoms with Gasteiger partial charge in [-0.25, -0.2) is 9.37 Å². The van der Waals surface area contributed by atoms with Crippen molar-refractivity contribution in [3.63, 3.8) is 0 Å². The largest absolute Gasteiger partial charge is 0.241 e. The predicted octanol–water partition coefficient (Wildman–Crippen LogP) is 3.90. The Morgan fingerprint density at radius 3 is 3.00 bits per heavy atom. The van der Waals surface area contributed by atoms with E-state index in [1.54, 1.807) is 17.4 Å². The van der Waals surface area contributed by atoms with E-state index in [1.807, 2.05) is 11.4 Å². The highest BCUT2D eigenvalue weighted by Gasteiger charge is 2.04. The Labute approximate surface area is 92.6 Å². The van der Waals surface area contributed by atoms with Crippen LogP contribution in [-0.4, -0.2) is 4.98 Å². The van der Waals surface area contributed by atoms with Crippen molar-refractivity contribution in [2.75, 3.05) is 0 Å². The molecule has 1 heterocycles. The first-order valence-electron chi connectivity index (χ1n) is 5.00. The lowest BCUT2D eigenvalue weighted by Crippen LogP contribution is -1.83. The van der Waals surface area contributed by atoms with Gasteiger partial charge < -0.3 is 0 Å². The topological polar surface area (TPSA) is 12.9 Å². The van der Waals surface area contributed by atoms with Crippen LogP contribution in [0.15, 0.2) is 29.6 Å². The van der Waals surface area contributed by atoms with Gasteiger partial charge in [-0.05, 0) is 18.6 Å². The third-order valence-corrected chi connectivity index (χ3v) is 3.07. The van der Waals surface area contributed by atoms with Crippen LogP contribution < -0.4 is 0 Å². The van der Waals surface area contributed by atoms with E-state index in [-0.39, 0.29) is 5.82 Å². The maximum absolute atomic E-state index is 13.0. The van der Waals surface area contributed by atoms with Crippen LogP contribution in [0.3, 0.4) is 0 Å². The van der Waals surface area contributed by atoms with E-state index in [1.165, 1.54) is 12.1 Å². The summed E-state index contributed by atoms with van der Waals surface area (Å²) in [6, 6.07) is 6.57. The minimum absolute atomic E-state index is 0.209. The van der Waals surface area contributed by atoms with E-state index in [4.69, 9.17) is 0 Å². The summed E-state index contributed by atoms with van der Waals surface area (Å²) in [5, 5.41) is 2.95. The molecule has 78 valence electrons. The Hall–Kier alpha value is -1.22. The number of hydrogen-bond donors (Lipinski definition) is 0. The zero-order chi connectivity index (χ0) is 10.7. The number of halogens is 1. The molecule has 0 aliphatic heterocycles. The van der Waals surface area contributed by atoms with Crippen LogP contribution in [0.5, 0.6) is 0 Å². The van der Waals surface area contributed by atoms with Gasteiger partial charge in [0.1, 0.15) is 10.8 Å². The zero-order valence-electron chi connectivity index (χ0n) is 8.53. The molecule has 3 heteroatoms. The Balaban J connectivity index is 2.29. The number of benzene rings is 1. The first kappa shape index (κ1) is 10.3. The summed E-state index contributed by atoms with van der Waals surface area (Å²) in [4.78, 5) is 4.46. The average Bonchev–Trinajstić information content (AvgIpc) is 2.67. The second-order valence-electron chi connectivity index (χ2n) is 3.40. The van der Waals surface area contributed by atoms with Crippen LogP contribution in [0.25, 0.3) is 10.6 Å². The number of thiazole rings is 1. The molecule has 15 heavy (non-hydrogen) atoms. The molecule has 2 aromatic rings. The lowest BCUT2D eigenvalue weighted by molar-refractivity contribution is 0.628. The fraction of sp³-hybridized carbons (Fsp3) is 0.250. The Kier molecular flexibility index (Phi) is 3.11. The summed E-state index contributed by atoms with van der Waals surface area (Å²) in [7, 11) is 0. The maximum Gasteiger partial charge on any atom is 0.123 e. The summed E-state index contributed by atoms with van der Waals surface area (Å²) < 4.78 is 13.0. The molecular formula is C12H12FNS. The van der Waals surface area contributed by atoms with Crippen molar-refractivity contribution in [2.45, 2.75) is 19.8 Å². The van der Waals surface area contributed by atoms with Gasteiger partial charge in [-0.15, -0.1) is 11.3 Å². The van der Waals surface area contributed by atoms with Crippen LogP contribution in [0.1, 0.15) is 19.0 Å². The number of aryl methyl sites for hydroxylation is 1. The Bertz CT molecular complexity index is 450. The lowest BCUT2D eigenvalue weighted by Gasteiger charge is -1.95. The third-order valence-electron chi connectivity index (χ3n) is 2.13. The van der Waals surface area contributed by atoms with Gasteiger partial charge in [-0.3, -0.25) is 0 Å². The van der Waals surface area contributed by atoms with Gasteiger partial charge in [0.15, 0.2) is 0 Å². The average molecular weight is 221 g/mol. The number of nitrogens with zero attached hydrogens (tertiary/aromatic N) is 1. The smallest absolute Gasteiger partial charge is 0.123 e. The van der Waals surface area contributed by atoms with Gasteiger partial charge >= 0.3 is 0 Å². The summed E-state index contributed by atoms with van der Waals surface area (Å²) in [5.74, 6) is -0.209. The molecule has 0 fully saturated rings. The van der Waals surface area contributed by atoms with E-state index in [2.05, 4.69) is 11.9 Å². The second-order valence-corrected chi connectivity index (χ2v) is 4.26. The molecule has 0 saturated carbocycles.